The van der Waals surface area contributed by atoms with E-state index in [1.807, 2.05) is 37.3 Å². The summed E-state index contributed by atoms with van der Waals surface area (Å²) in [6.45, 7) is 2.03. The second-order valence-electron chi connectivity index (χ2n) is 3.94. The van der Waals surface area contributed by atoms with Crippen molar-refractivity contribution in [1.29, 1.82) is 5.26 Å². The Labute approximate surface area is 110 Å². The molecular weight excluding hydrogens is 245 g/mol. The molecule has 90 valence electrons. The lowest BCUT2D eigenvalue weighted by atomic mass is 10.1. The number of benzene rings is 2. The van der Waals surface area contributed by atoms with Gasteiger partial charge in [0.1, 0.15) is 11.9 Å². The zero-order valence-corrected chi connectivity index (χ0v) is 10.8. The van der Waals surface area contributed by atoms with Gasteiger partial charge in [-0.15, -0.1) is 11.8 Å². The Morgan fingerprint density at radius 3 is 2.67 bits per heavy atom. The van der Waals surface area contributed by atoms with Gasteiger partial charge < -0.3 is 0 Å². The van der Waals surface area contributed by atoms with Crippen molar-refractivity contribution in [2.75, 3.05) is 0 Å². The van der Waals surface area contributed by atoms with E-state index < -0.39 is 5.82 Å². The van der Waals surface area contributed by atoms with Crippen molar-refractivity contribution in [3.63, 3.8) is 0 Å². The molecule has 0 radical (unpaired) electrons. The third-order valence-corrected chi connectivity index (χ3v) is 3.90. The molecule has 1 nitrogen and oxygen atoms in total. The van der Waals surface area contributed by atoms with Crippen LogP contribution >= 0.6 is 11.8 Å². The van der Waals surface area contributed by atoms with E-state index in [9.17, 15) is 4.39 Å². The number of thioether (sulfide) groups is 1. The van der Waals surface area contributed by atoms with Crippen LogP contribution in [0.1, 0.15) is 16.7 Å². The van der Waals surface area contributed by atoms with E-state index in [0.29, 0.717) is 11.3 Å². The average Bonchev–Trinajstić information content (AvgIpc) is 2.39. The van der Waals surface area contributed by atoms with Crippen molar-refractivity contribution in [2.24, 2.45) is 0 Å². The van der Waals surface area contributed by atoms with Crippen LogP contribution in [-0.2, 0) is 5.75 Å². The van der Waals surface area contributed by atoms with Crippen molar-refractivity contribution < 1.29 is 4.39 Å². The fourth-order valence-electron chi connectivity index (χ4n) is 1.65. The molecule has 0 saturated heterocycles. The van der Waals surface area contributed by atoms with E-state index in [1.54, 1.807) is 23.9 Å². The highest BCUT2D eigenvalue weighted by atomic mass is 32.2. The standard InChI is InChI=1S/C15H12FNS/c1-11-5-2-3-8-14(11)18-10-13-7-4-6-12(9-17)15(13)16/h2-8H,10H2,1H3. The van der Waals surface area contributed by atoms with Gasteiger partial charge in [0.2, 0.25) is 0 Å². The van der Waals surface area contributed by atoms with Crippen LogP contribution in [0.15, 0.2) is 47.4 Å². The molecule has 0 fully saturated rings. The summed E-state index contributed by atoms with van der Waals surface area (Å²) in [6.07, 6.45) is 0. The summed E-state index contributed by atoms with van der Waals surface area (Å²) in [4.78, 5) is 1.14. The molecule has 3 heteroatoms. The number of rotatable bonds is 3. The van der Waals surface area contributed by atoms with Crippen LogP contribution in [0.4, 0.5) is 4.39 Å². The Bertz CT molecular complexity index is 602. The molecule has 0 saturated carbocycles. The van der Waals surface area contributed by atoms with Gasteiger partial charge in [-0.05, 0) is 30.2 Å². The molecule has 0 aliphatic carbocycles. The monoisotopic (exact) mass is 257 g/mol. The van der Waals surface area contributed by atoms with Gasteiger partial charge in [0.25, 0.3) is 0 Å². The summed E-state index contributed by atoms with van der Waals surface area (Å²) in [6, 6.07) is 14.8. The molecule has 0 amide bonds. The molecule has 0 spiro atoms. The second-order valence-corrected chi connectivity index (χ2v) is 4.96. The third kappa shape index (κ3) is 2.72. The largest absolute Gasteiger partial charge is 0.205 e. The number of aryl methyl sites for hydroxylation is 1. The van der Waals surface area contributed by atoms with Crippen LogP contribution in [-0.4, -0.2) is 0 Å². The van der Waals surface area contributed by atoms with Crippen LogP contribution in [0, 0.1) is 24.1 Å². The molecule has 2 aromatic rings. The minimum atomic E-state index is -0.402. The first kappa shape index (κ1) is 12.7. The Balaban J connectivity index is 2.17. The van der Waals surface area contributed by atoms with Gasteiger partial charge in [-0.3, -0.25) is 0 Å². The highest BCUT2D eigenvalue weighted by Crippen LogP contribution is 2.27. The Hall–Kier alpha value is -1.79. The fraction of sp³-hybridized carbons (Fsp3) is 0.133. The molecule has 2 aromatic carbocycles. The molecule has 0 heterocycles. The molecule has 0 aliphatic heterocycles. The number of hydrogen-bond donors (Lipinski definition) is 0. The number of halogens is 1. The first-order valence-corrected chi connectivity index (χ1v) is 6.57. The maximum Gasteiger partial charge on any atom is 0.144 e. The van der Waals surface area contributed by atoms with Gasteiger partial charge in [-0.1, -0.05) is 30.3 Å². The topological polar surface area (TPSA) is 23.8 Å². The van der Waals surface area contributed by atoms with Gasteiger partial charge in [-0.25, -0.2) is 4.39 Å². The van der Waals surface area contributed by atoms with E-state index in [2.05, 4.69) is 0 Å². The summed E-state index contributed by atoms with van der Waals surface area (Å²) >= 11 is 1.58. The Morgan fingerprint density at radius 1 is 1.17 bits per heavy atom. The van der Waals surface area contributed by atoms with E-state index in [-0.39, 0.29) is 5.56 Å². The van der Waals surface area contributed by atoms with E-state index in [4.69, 9.17) is 5.26 Å². The van der Waals surface area contributed by atoms with Crippen LogP contribution in [0.5, 0.6) is 0 Å². The van der Waals surface area contributed by atoms with Crippen LogP contribution in [0.3, 0.4) is 0 Å². The predicted octanol–water partition coefficient (Wildman–Crippen LogP) is 4.30. The van der Waals surface area contributed by atoms with Gasteiger partial charge in [0.15, 0.2) is 0 Å². The number of nitriles is 1. The minimum Gasteiger partial charge on any atom is -0.205 e. The number of nitrogens with zero attached hydrogens (tertiary/aromatic N) is 1. The Kier molecular flexibility index (Phi) is 4.01. The second kappa shape index (κ2) is 5.70. The van der Waals surface area contributed by atoms with Crippen molar-refractivity contribution in [3.8, 4) is 6.07 Å². The van der Waals surface area contributed by atoms with E-state index in [1.165, 1.54) is 11.6 Å². The van der Waals surface area contributed by atoms with Crippen LogP contribution in [0.25, 0.3) is 0 Å². The summed E-state index contributed by atoms with van der Waals surface area (Å²) in [5, 5.41) is 8.78. The predicted molar refractivity (Wildman–Crippen MR) is 71.9 cm³/mol. The summed E-state index contributed by atoms with van der Waals surface area (Å²) in [5.41, 5.74) is 1.86. The van der Waals surface area contributed by atoms with Crippen molar-refractivity contribution in [2.45, 2.75) is 17.6 Å². The highest BCUT2D eigenvalue weighted by Gasteiger charge is 2.08. The van der Waals surface area contributed by atoms with Crippen molar-refractivity contribution >= 4 is 11.8 Å². The van der Waals surface area contributed by atoms with Gasteiger partial charge in [0, 0.05) is 10.6 Å². The molecule has 0 bridgehead atoms. The van der Waals surface area contributed by atoms with Gasteiger partial charge >= 0.3 is 0 Å². The SMILES string of the molecule is Cc1ccccc1SCc1cccc(C#N)c1F. The zero-order chi connectivity index (χ0) is 13.0. The quantitative estimate of drug-likeness (QED) is 0.765. The van der Waals surface area contributed by atoms with Crippen molar-refractivity contribution in [1.82, 2.24) is 0 Å². The molecule has 0 aromatic heterocycles. The molecule has 0 aliphatic rings. The first-order valence-electron chi connectivity index (χ1n) is 5.58. The molecule has 0 atom stereocenters. The van der Waals surface area contributed by atoms with Crippen LogP contribution < -0.4 is 0 Å². The molecular formula is C15H12FNS. The Morgan fingerprint density at radius 2 is 1.94 bits per heavy atom. The smallest absolute Gasteiger partial charge is 0.144 e. The highest BCUT2D eigenvalue weighted by molar-refractivity contribution is 7.98. The van der Waals surface area contributed by atoms with E-state index >= 15 is 0 Å². The first-order chi connectivity index (χ1) is 8.72. The lowest BCUT2D eigenvalue weighted by Gasteiger charge is -2.06. The maximum atomic E-state index is 13.8. The summed E-state index contributed by atoms with van der Waals surface area (Å²) in [5.74, 6) is 0.132. The molecule has 0 unspecified atom stereocenters. The lowest BCUT2D eigenvalue weighted by Crippen LogP contribution is -1.92. The normalized spacial score (nSPS) is 10.1. The average molecular weight is 257 g/mol. The van der Waals surface area contributed by atoms with Gasteiger partial charge in [-0.2, -0.15) is 5.26 Å². The fourth-order valence-corrected chi connectivity index (χ4v) is 2.66. The molecule has 0 N–H and O–H groups in total. The summed E-state index contributed by atoms with van der Waals surface area (Å²) in [7, 11) is 0. The van der Waals surface area contributed by atoms with E-state index in [0.717, 1.165) is 4.90 Å². The number of hydrogen-bond acceptors (Lipinski definition) is 2. The molecule has 2 rings (SSSR count). The summed E-state index contributed by atoms with van der Waals surface area (Å²) < 4.78 is 13.8. The third-order valence-electron chi connectivity index (χ3n) is 2.68. The minimum absolute atomic E-state index is 0.109. The molecule has 18 heavy (non-hydrogen) atoms. The lowest BCUT2D eigenvalue weighted by molar-refractivity contribution is 0.613. The van der Waals surface area contributed by atoms with Crippen LogP contribution in [0.2, 0.25) is 0 Å². The maximum absolute atomic E-state index is 13.8. The zero-order valence-electron chi connectivity index (χ0n) is 9.98. The van der Waals surface area contributed by atoms with Gasteiger partial charge in [0.05, 0.1) is 5.56 Å². The van der Waals surface area contributed by atoms with Crippen molar-refractivity contribution in [3.05, 3.63) is 65.0 Å².